The number of nitrogens with one attached hydrogen (secondary N) is 1. The van der Waals surface area contributed by atoms with Crippen LogP contribution in [0.15, 0.2) is 36.5 Å². The zero-order valence-electron chi connectivity index (χ0n) is 11.1. The number of benzene rings is 1. The van der Waals surface area contributed by atoms with Gasteiger partial charge in [-0.2, -0.15) is 5.10 Å². The van der Waals surface area contributed by atoms with Gasteiger partial charge in [0.25, 0.3) is 5.91 Å². The first-order valence-electron chi connectivity index (χ1n) is 6.84. The van der Waals surface area contributed by atoms with Gasteiger partial charge < -0.3 is 5.32 Å². The van der Waals surface area contributed by atoms with Crippen LogP contribution in [0.5, 0.6) is 0 Å². The molecule has 1 heterocycles. The SMILES string of the molecule is O=C(Nc1ccnn1C1CCCC1)c1cccc(I)c1. The Bertz CT molecular complexity index is 617. The first-order valence-corrected chi connectivity index (χ1v) is 7.92. The molecule has 4 nitrogen and oxygen atoms in total. The van der Waals surface area contributed by atoms with E-state index in [9.17, 15) is 4.79 Å². The summed E-state index contributed by atoms with van der Waals surface area (Å²) >= 11 is 2.21. The number of halogens is 1. The van der Waals surface area contributed by atoms with Gasteiger partial charge >= 0.3 is 0 Å². The fraction of sp³-hybridized carbons (Fsp3) is 0.333. The van der Waals surface area contributed by atoms with E-state index in [0.717, 1.165) is 22.2 Å². The monoisotopic (exact) mass is 381 g/mol. The highest BCUT2D eigenvalue weighted by Crippen LogP contribution is 2.31. The average molecular weight is 381 g/mol. The van der Waals surface area contributed by atoms with Crippen LogP contribution in [0.1, 0.15) is 42.1 Å². The molecule has 5 heteroatoms. The van der Waals surface area contributed by atoms with Crippen LogP contribution < -0.4 is 5.32 Å². The highest BCUT2D eigenvalue weighted by atomic mass is 127. The summed E-state index contributed by atoms with van der Waals surface area (Å²) < 4.78 is 3.01. The molecular weight excluding hydrogens is 365 g/mol. The minimum absolute atomic E-state index is 0.0803. The lowest BCUT2D eigenvalue weighted by Crippen LogP contribution is -2.17. The van der Waals surface area contributed by atoms with E-state index in [1.165, 1.54) is 12.8 Å². The van der Waals surface area contributed by atoms with E-state index in [0.29, 0.717) is 11.6 Å². The molecule has 0 aliphatic heterocycles. The molecule has 0 spiro atoms. The summed E-state index contributed by atoms with van der Waals surface area (Å²) in [6, 6.07) is 9.87. The molecule has 0 unspecified atom stereocenters. The van der Waals surface area contributed by atoms with Crippen molar-refractivity contribution < 1.29 is 4.79 Å². The van der Waals surface area contributed by atoms with Crippen molar-refractivity contribution in [3.05, 3.63) is 45.7 Å². The topological polar surface area (TPSA) is 46.9 Å². The summed E-state index contributed by atoms with van der Waals surface area (Å²) in [5, 5.41) is 7.33. The molecule has 1 aliphatic rings. The van der Waals surface area contributed by atoms with Crippen LogP contribution in [0.25, 0.3) is 0 Å². The Hall–Kier alpha value is -1.37. The Kier molecular flexibility index (Phi) is 4.05. The molecule has 1 saturated carbocycles. The molecule has 1 aromatic heterocycles. The lowest BCUT2D eigenvalue weighted by molar-refractivity contribution is 0.102. The molecule has 0 atom stereocenters. The first-order chi connectivity index (χ1) is 9.74. The maximum Gasteiger partial charge on any atom is 0.256 e. The van der Waals surface area contributed by atoms with Crippen molar-refractivity contribution in [3.8, 4) is 0 Å². The van der Waals surface area contributed by atoms with E-state index in [-0.39, 0.29) is 5.91 Å². The second-order valence-electron chi connectivity index (χ2n) is 5.06. The highest BCUT2D eigenvalue weighted by molar-refractivity contribution is 14.1. The van der Waals surface area contributed by atoms with Gasteiger partial charge in [-0.3, -0.25) is 4.79 Å². The molecule has 1 N–H and O–H groups in total. The Morgan fingerprint density at radius 3 is 2.85 bits per heavy atom. The zero-order chi connectivity index (χ0) is 13.9. The maximum absolute atomic E-state index is 12.3. The van der Waals surface area contributed by atoms with Crippen molar-refractivity contribution in [1.29, 1.82) is 0 Å². The van der Waals surface area contributed by atoms with E-state index in [4.69, 9.17) is 0 Å². The normalized spacial score (nSPS) is 15.4. The molecular formula is C15H16IN3O. The molecule has 2 aromatic rings. The third kappa shape index (κ3) is 2.87. The van der Waals surface area contributed by atoms with Gasteiger partial charge in [-0.05, 0) is 53.6 Å². The molecule has 3 rings (SSSR count). The third-order valence-electron chi connectivity index (χ3n) is 3.67. The summed E-state index contributed by atoms with van der Waals surface area (Å²) in [4.78, 5) is 12.3. The van der Waals surface area contributed by atoms with Crippen molar-refractivity contribution in [2.45, 2.75) is 31.7 Å². The van der Waals surface area contributed by atoms with Crippen molar-refractivity contribution in [1.82, 2.24) is 9.78 Å². The summed E-state index contributed by atoms with van der Waals surface area (Å²) in [5.41, 5.74) is 0.677. The Balaban J connectivity index is 1.78. The molecule has 1 aromatic carbocycles. The summed E-state index contributed by atoms with van der Waals surface area (Å²) in [7, 11) is 0. The van der Waals surface area contributed by atoms with E-state index in [2.05, 4.69) is 33.0 Å². The predicted molar refractivity (Wildman–Crippen MR) is 86.8 cm³/mol. The van der Waals surface area contributed by atoms with Crippen LogP contribution in [0.4, 0.5) is 5.82 Å². The molecule has 1 amide bonds. The van der Waals surface area contributed by atoms with Gasteiger partial charge in [0.05, 0.1) is 12.2 Å². The van der Waals surface area contributed by atoms with Crippen molar-refractivity contribution in [3.63, 3.8) is 0 Å². The minimum atomic E-state index is -0.0803. The van der Waals surface area contributed by atoms with Gasteiger partial charge in [-0.25, -0.2) is 4.68 Å². The second kappa shape index (κ2) is 5.95. The number of carbonyl (C=O) groups excluding carboxylic acids is 1. The van der Waals surface area contributed by atoms with Crippen LogP contribution in [-0.2, 0) is 0 Å². The van der Waals surface area contributed by atoms with Gasteiger partial charge in [0, 0.05) is 15.2 Å². The van der Waals surface area contributed by atoms with Crippen molar-refractivity contribution in [2.75, 3.05) is 5.32 Å². The molecule has 0 bridgehead atoms. The van der Waals surface area contributed by atoms with Crippen LogP contribution >= 0.6 is 22.6 Å². The average Bonchev–Trinajstić information content (AvgIpc) is 3.08. The standard InChI is InChI=1S/C15H16IN3O/c16-12-5-3-4-11(10-12)15(20)18-14-8-9-17-19(14)13-6-1-2-7-13/h3-5,8-10,13H,1-2,6-7H2,(H,18,20). The lowest BCUT2D eigenvalue weighted by Gasteiger charge is -2.14. The van der Waals surface area contributed by atoms with Crippen molar-refractivity contribution >= 4 is 34.3 Å². The first kappa shape index (κ1) is 13.6. The van der Waals surface area contributed by atoms with Crippen molar-refractivity contribution in [2.24, 2.45) is 0 Å². The Morgan fingerprint density at radius 1 is 1.30 bits per heavy atom. The summed E-state index contributed by atoms with van der Waals surface area (Å²) in [6.45, 7) is 0. The molecule has 1 fully saturated rings. The van der Waals surface area contributed by atoms with Crippen LogP contribution in [0.3, 0.4) is 0 Å². The smallest absolute Gasteiger partial charge is 0.256 e. The number of carbonyl (C=O) groups is 1. The van der Waals surface area contributed by atoms with Crippen LogP contribution in [-0.4, -0.2) is 15.7 Å². The lowest BCUT2D eigenvalue weighted by atomic mass is 10.2. The van der Waals surface area contributed by atoms with E-state index >= 15 is 0 Å². The fourth-order valence-electron chi connectivity index (χ4n) is 2.67. The second-order valence-corrected chi connectivity index (χ2v) is 6.31. The van der Waals surface area contributed by atoms with Gasteiger partial charge in [-0.15, -0.1) is 0 Å². The minimum Gasteiger partial charge on any atom is -0.307 e. The quantitative estimate of drug-likeness (QED) is 0.821. The number of anilines is 1. The maximum atomic E-state index is 12.3. The fourth-order valence-corrected chi connectivity index (χ4v) is 3.21. The summed E-state index contributed by atoms with van der Waals surface area (Å²) in [5.74, 6) is 0.712. The largest absolute Gasteiger partial charge is 0.307 e. The van der Waals surface area contributed by atoms with Crippen LogP contribution in [0, 0.1) is 3.57 Å². The van der Waals surface area contributed by atoms with Gasteiger partial charge in [0.2, 0.25) is 0 Å². The van der Waals surface area contributed by atoms with Gasteiger partial charge in [0.1, 0.15) is 5.82 Å². The Morgan fingerprint density at radius 2 is 2.10 bits per heavy atom. The van der Waals surface area contributed by atoms with E-state index in [1.54, 1.807) is 6.20 Å². The number of rotatable bonds is 3. The third-order valence-corrected chi connectivity index (χ3v) is 4.34. The molecule has 0 radical (unpaired) electrons. The van der Waals surface area contributed by atoms with E-state index in [1.807, 2.05) is 35.0 Å². The number of hydrogen-bond donors (Lipinski definition) is 1. The molecule has 104 valence electrons. The zero-order valence-corrected chi connectivity index (χ0v) is 13.2. The molecule has 1 aliphatic carbocycles. The van der Waals surface area contributed by atoms with Gasteiger partial charge in [-0.1, -0.05) is 18.9 Å². The predicted octanol–water partition coefficient (Wildman–Crippen LogP) is 3.86. The van der Waals surface area contributed by atoms with Crippen LogP contribution in [0.2, 0.25) is 0 Å². The summed E-state index contributed by atoms with van der Waals surface area (Å²) in [6.07, 6.45) is 6.54. The number of hydrogen-bond acceptors (Lipinski definition) is 2. The number of nitrogens with zero attached hydrogens (tertiary/aromatic N) is 2. The van der Waals surface area contributed by atoms with Gasteiger partial charge in [0.15, 0.2) is 0 Å². The van der Waals surface area contributed by atoms with E-state index < -0.39 is 0 Å². The Labute approximate surface area is 131 Å². The molecule has 20 heavy (non-hydrogen) atoms. The molecule has 0 saturated heterocycles. The highest BCUT2D eigenvalue weighted by Gasteiger charge is 2.20. The number of aromatic nitrogens is 2. The number of amides is 1.